The molecule has 0 aliphatic carbocycles. The van der Waals surface area contributed by atoms with Crippen LogP contribution < -0.4 is 0 Å². The second kappa shape index (κ2) is 5.80. The lowest BCUT2D eigenvalue weighted by atomic mass is 10.1. The zero-order valence-corrected chi connectivity index (χ0v) is 10.5. The number of aliphatic hydroxyl groups excluding tert-OH is 1. The fourth-order valence-corrected chi connectivity index (χ4v) is 2.65. The van der Waals surface area contributed by atoms with Gasteiger partial charge >= 0.3 is 0 Å². The molecule has 5 nitrogen and oxygen atoms in total. The van der Waals surface area contributed by atoms with E-state index < -0.39 is 0 Å². The standard InChI is InChI=1S/C12H22N2O3/c1-13-5-6-14(9-10-3-2-8-17-10)11(4-7-15)12(13)16/h10-11,15H,2-9H2,1H3. The lowest BCUT2D eigenvalue weighted by Crippen LogP contribution is -2.57. The molecule has 1 amide bonds. The molecule has 2 heterocycles. The van der Waals surface area contributed by atoms with Crippen LogP contribution in [0.15, 0.2) is 0 Å². The Morgan fingerprint density at radius 1 is 1.47 bits per heavy atom. The van der Waals surface area contributed by atoms with E-state index in [1.165, 1.54) is 0 Å². The molecule has 0 aromatic heterocycles. The van der Waals surface area contributed by atoms with E-state index in [1.807, 2.05) is 7.05 Å². The van der Waals surface area contributed by atoms with Gasteiger partial charge in [-0.05, 0) is 19.3 Å². The molecule has 2 rings (SSSR count). The van der Waals surface area contributed by atoms with E-state index in [1.54, 1.807) is 4.90 Å². The van der Waals surface area contributed by atoms with Gasteiger partial charge < -0.3 is 14.7 Å². The Hall–Kier alpha value is -0.650. The Balaban J connectivity index is 1.95. The molecule has 2 saturated heterocycles. The van der Waals surface area contributed by atoms with E-state index in [4.69, 9.17) is 9.84 Å². The molecule has 2 aliphatic rings. The van der Waals surface area contributed by atoms with Crippen LogP contribution in [-0.2, 0) is 9.53 Å². The van der Waals surface area contributed by atoms with E-state index in [-0.39, 0.29) is 24.7 Å². The van der Waals surface area contributed by atoms with Gasteiger partial charge in [0.15, 0.2) is 0 Å². The van der Waals surface area contributed by atoms with Crippen molar-refractivity contribution in [2.24, 2.45) is 0 Å². The van der Waals surface area contributed by atoms with Crippen LogP contribution in [0.3, 0.4) is 0 Å². The number of rotatable bonds is 4. The second-order valence-corrected chi connectivity index (χ2v) is 4.92. The Morgan fingerprint density at radius 2 is 2.29 bits per heavy atom. The number of hydrogen-bond donors (Lipinski definition) is 1. The Bertz CT molecular complexity index is 266. The van der Waals surface area contributed by atoms with Crippen molar-refractivity contribution in [3.05, 3.63) is 0 Å². The van der Waals surface area contributed by atoms with Gasteiger partial charge in [0.1, 0.15) is 0 Å². The van der Waals surface area contributed by atoms with Gasteiger partial charge in [-0.2, -0.15) is 0 Å². The first kappa shape index (κ1) is 12.8. The van der Waals surface area contributed by atoms with Crippen LogP contribution in [-0.4, -0.2) is 72.9 Å². The highest BCUT2D eigenvalue weighted by Gasteiger charge is 2.34. The third-order valence-electron chi connectivity index (χ3n) is 3.69. The van der Waals surface area contributed by atoms with Crippen LogP contribution in [0.5, 0.6) is 0 Å². The van der Waals surface area contributed by atoms with Gasteiger partial charge in [0.25, 0.3) is 0 Å². The summed E-state index contributed by atoms with van der Waals surface area (Å²) in [5.74, 6) is 0.128. The molecule has 0 saturated carbocycles. The quantitative estimate of drug-likeness (QED) is 0.735. The van der Waals surface area contributed by atoms with Crippen molar-refractivity contribution in [2.45, 2.75) is 31.4 Å². The molecule has 98 valence electrons. The first-order valence-electron chi connectivity index (χ1n) is 6.44. The number of carbonyl (C=O) groups excluding carboxylic acids is 1. The zero-order valence-electron chi connectivity index (χ0n) is 10.5. The van der Waals surface area contributed by atoms with E-state index in [0.717, 1.165) is 39.1 Å². The highest BCUT2D eigenvalue weighted by Crippen LogP contribution is 2.18. The number of nitrogens with zero attached hydrogens (tertiary/aromatic N) is 2. The number of ether oxygens (including phenoxy) is 1. The van der Waals surface area contributed by atoms with Gasteiger partial charge in [0.05, 0.1) is 12.1 Å². The first-order valence-corrected chi connectivity index (χ1v) is 6.44. The minimum absolute atomic E-state index is 0.0618. The minimum atomic E-state index is -0.164. The van der Waals surface area contributed by atoms with Gasteiger partial charge in [-0.3, -0.25) is 9.69 Å². The minimum Gasteiger partial charge on any atom is -0.396 e. The largest absolute Gasteiger partial charge is 0.396 e. The fraction of sp³-hybridized carbons (Fsp3) is 0.917. The summed E-state index contributed by atoms with van der Waals surface area (Å²) in [4.78, 5) is 16.0. The molecule has 2 unspecified atom stereocenters. The summed E-state index contributed by atoms with van der Waals surface area (Å²) in [6.07, 6.45) is 3.01. The molecule has 17 heavy (non-hydrogen) atoms. The average molecular weight is 242 g/mol. The van der Waals surface area contributed by atoms with Crippen LogP contribution in [0.1, 0.15) is 19.3 Å². The SMILES string of the molecule is CN1CCN(CC2CCCO2)C(CCO)C1=O. The molecular formula is C12H22N2O3. The number of amides is 1. The Kier molecular flexibility index (Phi) is 4.36. The maximum atomic E-state index is 12.0. The van der Waals surface area contributed by atoms with Crippen LogP contribution in [0.25, 0.3) is 0 Å². The molecule has 0 spiro atoms. The fourth-order valence-electron chi connectivity index (χ4n) is 2.65. The predicted octanol–water partition coefficient (Wildman–Crippen LogP) is -0.310. The summed E-state index contributed by atoms with van der Waals surface area (Å²) in [6.45, 7) is 3.38. The van der Waals surface area contributed by atoms with E-state index in [2.05, 4.69) is 4.90 Å². The first-order chi connectivity index (χ1) is 8.22. The van der Waals surface area contributed by atoms with Gasteiger partial charge in [0.2, 0.25) is 5.91 Å². The van der Waals surface area contributed by atoms with Crippen molar-refractivity contribution in [3.63, 3.8) is 0 Å². The van der Waals surface area contributed by atoms with Gasteiger partial charge in [0, 0.05) is 39.9 Å². The zero-order chi connectivity index (χ0) is 12.3. The smallest absolute Gasteiger partial charge is 0.239 e. The van der Waals surface area contributed by atoms with E-state index in [0.29, 0.717) is 6.42 Å². The maximum Gasteiger partial charge on any atom is 0.239 e. The highest BCUT2D eigenvalue weighted by atomic mass is 16.5. The number of likely N-dealkylation sites (N-methyl/N-ethyl adjacent to an activating group) is 1. The van der Waals surface area contributed by atoms with Crippen LogP contribution in [0.4, 0.5) is 0 Å². The van der Waals surface area contributed by atoms with Crippen molar-refractivity contribution in [1.29, 1.82) is 0 Å². The van der Waals surface area contributed by atoms with Crippen molar-refractivity contribution in [3.8, 4) is 0 Å². The summed E-state index contributed by atoms with van der Waals surface area (Å²) >= 11 is 0. The van der Waals surface area contributed by atoms with Gasteiger partial charge in [-0.15, -0.1) is 0 Å². The summed E-state index contributed by atoms with van der Waals surface area (Å²) < 4.78 is 5.62. The molecule has 0 radical (unpaired) electrons. The second-order valence-electron chi connectivity index (χ2n) is 4.92. The number of carbonyl (C=O) groups is 1. The third kappa shape index (κ3) is 2.97. The maximum absolute atomic E-state index is 12.0. The average Bonchev–Trinajstić information content (AvgIpc) is 2.81. The molecule has 2 atom stereocenters. The van der Waals surface area contributed by atoms with E-state index >= 15 is 0 Å². The van der Waals surface area contributed by atoms with Crippen molar-refractivity contribution in [1.82, 2.24) is 9.80 Å². The predicted molar refractivity (Wildman–Crippen MR) is 63.7 cm³/mol. The lowest BCUT2D eigenvalue weighted by Gasteiger charge is -2.39. The monoisotopic (exact) mass is 242 g/mol. The summed E-state index contributed by atoms with van der Waals surface area (Å²) in [5, 5.41) is 9.07. The Labute approximate surface area is 102 Å². The third-order valence-corrected chi connectivity index (χ3v) is 3.69. The van der Waals surface area contributed by atoms with E-state index in [9.17, 15) is 4.79 Å². The molecule has 2 aliphatic heterocycles. The van der Waals surface area contributed by atoms with Crippen molar-refractivity contribution in [2.75, 3.05) is 39.9 Å². The number of aliphatic hydroxyl groups is 1. The summed E-state index contributed by atoms with van der Waals surface area (Å²) in [6, 6.07) is -0.164. The molecular weight excluding hydrogens is 220 g/mol. The summed E-state index contributed by atoms with van der Waals surface area (Å²) in [5.41, 5.74) is 0. The van der Waals surface area contributed by atoms with Crippen LogP contribution in [0.2, 0.25) is 0 Å². The normalized spacial score (nSPS) is 31.2. The summed E-state index contributed by atoms with van der Waals surface area (Å²) in [7, 11) is 1.83. The van der Waals surface area contributed by atoms with Crippen LogP contribution >= 0.6 is 0 Å². The topological polar surface area (TPSA) is 53.0 Å². The highest BCUT2D eigenvalue weighted by molar-refractivity contribution is 5.82. The molecule has 1 N–H and O–H groups in total. The van der Waals surface area contributed by atoms with Gasteiger partial charge in [-0.25, -0.2) is 0 Å². The van der Waals surface area contributed by atoms with Crippen LogP contribution in [0, 0.1) is 0 Å². The van der Waals surface area contributed by atoms with Crippen molar-refractivity contribution >= 4 is 5.91 Å². The molecule has 5 heteroatoms. The molecule has 0 aromatic rings. The molecule has 0 bridgehead atoms. The molecule has 0 aromatic carbocycles. The van der Waals surface area contributed by atoms with Gasteiger partial charge in [-0.1, -0.05) is 0 Å². The lowest BCUT2D eigenvalue weighted by molar-refractivity contribution is -0.141. The number of piperazine rings is 1. The molecule has 2 fully saturated rings. The van der Waals surface area contributed by atoms with Crippen molar-refractivity contribution < 1.29 is 14.6 Å². The number of hydrogen-bond acceptors (Lipinski definition) is 4. The Morgan fingerprint density at radius 3 is 2.94 bits per heavy atom.